The fraction of sp³-hybridized carbons (Fsp3) is 0.529. The van der Waals surface area contributed by atoms with E-state index < -0.39 is 17.3 Å². The number of nitrogens with one attached hydrogen (secondary N) is 2. The highest BCUT2D eigenvalue weighted by Gasteiger charge is 2.44. The molecular formula is C17H19F3N6O2. The molecule has 2 N–H and O–H groups in total. The van der Waals surface area contributed by atoms with Crippen LogP contribution in [0.25, 0.3) is 0 Å². The predicted molar refractivity (Wildman–Crippen MR) is 93.3 cm³/mol. The van der Waals surface area contributed by atoms with E-state index in [0.717, 1.165) is 24.7 Å². The maximum Gasteiger partial charge on any atom is 0.421 e. The Morgan fingerprint density at radius 2 is 2.11 bits per heavy atom. The molecule has 2 fully saturated rings. The molecule has 0 aromatic carbocycles. The molecule has 3 heterocycles. The van der Waals surface area contributed by atoms with Crippen LogP contribution in [-0.4, -0.2) is 39.4 Å². The number of carbonyl (C=O) groups excluding carboxylic acids is 1. The Balaban J connectivity index is 1.67. The van der Waals surface area contributed by atoms with Gasteiger partial charge < -0.3 is 15.4 Å². The Morgan fingerprint density at radius 1 is 1.36 bits per heavy atom. The van der Waals surface area contributed by atoms with E-state index in [1.807, 2.05) is 0 Å². The van der Waals surface area contributed by atoms with Crippen LogP contribution in [0.1, 0.15) is 43.4 Å². The van der Waals surface area contributed by atoms with Crippen LogP contribution in [0.4, 0.5) is 30.6 Å². The van der Waals surface area contributed by atoms with Gasteiger partial charge in [0, 0.05) is 25.6 Å². The van der Waals surface area contributed by atoms with Gasteiger partial charge in [0.25, 0.3) is 0 Å². The third-order valence-corrected chi connectivity index (χ3v) is 5.05. The van der Waals surface area contributed by atoms with Gasteiger partial charge in [0.05, 0.1) is 24.2 Å². The molecule has 4 rings (SSSR count). The SMILES string of the molecule is CNc1nc(Nc2cn([C@]3(C)CCOC3=O)nc2C2CC2)ncc1C(F)(F)F. The van der Waals surface area contributed by atoms with E-state index in [9.17, 15) is 18.0 Å². The first-order chi connectivity index (χ1) is 13.2. The average molecular weight is 396 g/mol. The zero-order chi connectivity index (χ0) is 20.1. The molecule has 1 aliphatic carbocycles. The first kappa shape index (κ1) is 18.5. The van der Waals surface area contributed by atoms with Gasteiger partial charge in [-0.1, -0.05) is 0 Å². The number of ether oxygens (including phenoxy) is 1. The van der Waals surface area contributed by atoms with E-state index in [1.165, 1.54) is 7.05 Å². The number of rotatable bonds is 5. The van der Waals surface area contributed by atoms with E-state index in [1.54, 1.807) is 17.8 Å². The lowest BCUT2D eigenvalue weighted by molar-refractivity contribution is -0.145. The number of hydrogen-bond acceptors (Lipinski definition) is 7. The van der Waals surface area contributed by atoms with Gasteiger partial charge in [-0.2, -0.15) is 23.3 Å². The highest BCUT2D eigenvalue weighted by atomic mass is 19.4. The van der Waals surface area contributed by atoms with Crippen molar-refractivity contribution in [1.82, 2.24) is 19.7 Å². The zero-order valence-electron chi connectivity index (χ0n) is 15.3. The molecule has 0 bridgehead atoms. The molecule has 2 aromatic rings. The minimum Gasteiger partial charge on any atom is -0.464 e. The molecule has 2 aliphatic rings. The fourth-order valence-corrected chi connectivity index (χ4v) is 3.16. The first-order valence-corrected chi connectivity index (χ1v) is 8.88. The second-order valence-corrected chi connectivity index (χ2v) is 7.14. The molecule has 1 saturated heterocycles. The summed E-state index contributed by atoms with van der Waals surface area (Å²) < 4.78 is 45.7. The Bertz CT molecular complexity index is 924. The van der Waals surface area contributed by atoms with Gasteiger partial charge in [-0.25, -0.2) is 9.78 Å². The first-order valence-electron chi connectivity index (χ1n) is 8.88. The van der Waals surface area contributed by atoms with Gasteiger partial charge in [0.1, 0.15) is 11.4 Å². The zero-order valence-corrected chi connectivity index (χ0v) is 15.3. The molecule has 150 valence electrons. The van der Waals surface area contributed by atoms with Crippen LogP contribution in [0.2, 0.25) is 0 Å². The number of carbonyl (C=O) groups is 1. The Kier molecular flexibility index (Phi) is 4.20. The second kappa shape index (κ2) is 6.35. The van der Waals surface area contributed by atoms with E-state index in [-0.39, 0.29) is 23.7 Å². The maximum atomic E-state index is 13.0. The largest absolute Gasteiger partial charge is 0.464 e. The predicted octanol–water partition coefficient (Wildman–Crippen LogP) is 3.02. The molecule has 0 radical (unpaired) electrons. The molecule has 0 unspecified atom stereocenters. The lowest BCUT2D eigenvalue weighted by Gasteiger charge is -2.19. The summed E-state index contributed by atoms with van der Waals surface area (Å²) in [6.45, 7) is 2.08. The van der Waals surface area contributed by atoms with Gasteiger partial charge in [0.15, 0.2) is 5.54 Å². The summed E-state index contributed by atoms with van der Waals surface area (Å²) >= 11 is 0. The molecule has 2 aromatic heterocycles. The number of alkyl halides is 3. The molecule has 1 atom stereocenters. The molecule has 0 amide bonds. The van der Waals surface area contributed by atoms with E-state index in [0.29, 0.717) is 18.7 Å². The van der Waals surface area contributed by atoms with Gasteiger partial charge in [-0.05, 0) is 19.8 Å². The number of halogens is 3. The number of anilines is 3. The normalized spacial score (nSPS) is 22.2. The summed E-state index contributed by atoms with van der Waals surface area (Å²) in [6.07, 6.45) is 0.263. The van der Waals surface area contributed by atoms with Crippen LogP contribution in [-0.2, 0) is 21.2 Å². The number of aromatic nitrogens is 4. The van der Waals surface area contributed by atoms with Crippen molar-refractivity contribution in [2.24, 2.45) is 0 Å². The molecular weight excluding hydrogens is 377 g/mol. The van der Waals surface area contributed by atoms with Crippen LogP contribution in [0.3, 0.4) is 0 Å². The standard InChI is InChI=1S/C17H19F3N6O2/c1-16(5-6-28-14(16)27)26-8-11(12(25-26)9-3-4-9)23-15-22-7-10(17(18,19)20)13(21-2)24-15/h7-9H,3-6H2,1-2H3,(H2,21,22,23,24)/t16-/m1/s1. The Hall–Kier alpha value is -2.85. The van der Waals surface area contributed by atoms with E-state index in [4.69, 9.17) is 4.74 Å². The van der Waals surface area contributed by atoms with Crippen molar-refractivity contribution < 1.29 is 22.7 Å². The minimum atomic E-state index is -4.56. The smallest absolute Gasteiger partial charge is 0.421 e. The van der Waals surface area contributed by atoms with Gasteiger partial charge in [-0.15, -0.1) is 0 Å². The minimum absolute atomic E-state index is 0.0120. The lowest BCUT2D eigenvalue weighted by Crippen LogP contribution is -2.35. The molecule has 11 heteroatoms. The summed E-state index contributed by atoms with van der Waals surface area (Å²) in [5, 5.41) is 9.98. The fourth-order valence-electron chi connectivity index (χ4n) is 3.16. The number of nitrogens with zero attached hydrogens (tertiary/aromatic N) is 4. The highest BCUT2D eigenvalue weighted by molar-refractivity contribution is 5.80. The van der Waals surface area contributed by atoms with Crippen molar-refractivity contribution in [3.63, 3.8) is 0 Å². The van der Waals surface area contributed by atoms with E-state index in [2.05, 4.69) is 25.7 Å². The van der Waals surface area contributed by atoms with Crippen molar-refractivity contribution in [3.05, 3.63) is 23.7 Å². The molecule has 1 aliphatic heterocycles. The molecule has 28 heavy (non-hydrogen) atoms. The molecule has 8 nitrogen and oxygen atoms in total. The third-order valence-electron chi connectivity index (χ3n) is 5.05. The molecule has 1 saturated carbocycles. The van der Waals surface area contributed by atoms with E-state index >= 15 is 0 Å². The van der Waals surface area contributed by atoms with Crippen molar-refractivity contribution in [1.29, 1.82) is 0 Å². The Morgan fingerprint density at radius 3 is 2.68 bits per heavy atom. The maximum absolute atomic E-state index is 13.0. The monoisotopic (exact) mass is 396 g/mol. The summed E-state index contributed by atoms with van der Waals surface area (Å²) in [5.41, 5.74) is -0.527. The van der Waals surface area contributed by atoms with Crippen LogP contribution in [0, 0.1) is 0 Å². The summed E-state index contributed by atoms with van der Waals surface area (Å²) in [4.78, 5) is 19.9. The second-order valence-electron chi connectivity index (χ2n) is 7.14. The lowest BCUT2D eigenvalue weighted by atomic mass is 10.0. The van der Waals surface area contributed by atoms with Crippen molar-refractivity contribution in [3.8, 4) is 0 Å². The van der Waals surface area contributed by atoms with Gasteiger partial charge in [-0.3, -0.25) is 4.68 Å². The van der Waals surface area contributed by atoms with Crippen LogP contribution < -0.4 is 10.6 Å². The van der Waals surface area contributed by atoms with Crippen LogP contribution in [0.15, 0.2) is 12.4 Å². The number of cyclic esters (lactones) is 1. The summed E-state index contributed by atoms with van der Waals surface area (Å²) in [5.74, 6) is -0.426. The average Bonchev–Trinajstić information content (AvgIpc) is 3.31. The third kappa shape index (κ3) is 3.14. The Labute approximate surface area is 158 Å². The summed E-state index contributed by atoms with van der Waals surface area (Å²) in [6, 6.07) is 0. The van der Waals surface area contributed by atoms with Crippen molar-refractivity contribution >= 4 is 23.4 Å². The van der Waals surface area contributed by atoms with Crippen LogP contribution in [0.5, 0.6) is 0 Å². The highest BCUT2D eigenvalue weighted by Crippen LogP contribution is 2.44. The topological polar surface area (TPSA) is 94.0 Å². The molecule has 0 spiro atoms. The van der Waals surface area contributed by atoms with Gasteiger partial charge in [0.2, 0.25) is 5.95 Å². The summed E-state index contributed by atoms with van der Waals surface area (Å²) in [7, 11) is 1.36. The van der Waals surface area contributed by atoms with Gasteiger partial charge >= 0.3 is 12.1 Å². The quantitative estimate of drug-likeness (QED) is 0.751. The van der Waals surface area contributed by atoms with Crippen molar-refractivity contribution in [2.45, 2.75) is 43.8 Å². The van der Waals surface area contributed by atoms with Crippen LogP contribution >= 0.6 is 0 Å². The van der Waals surface area contributed by atoms with Crippen molar-refractivity contribution in [2.75, 3.05) is 24.3 Å². The number of esters is 1. The number of hydrogen-bond donors (Lipinski definition) is 2.